The molecule has 0 radical (unpaired) electrons. The van der Waals surface area contributed by atoms with Gasteiger partial charge in [0.1, 0.15) is 6.23 Å². The normalized spacial score (nSPS) is 22.4. The summed E-state index contributed by atoms with van der Waals surface area (Å²) < 4.78 is 20.3. The van der Waals surface area contributed by atoms with Crippen LogP contribution in [0.25, 0.3) is 0 Å². The van der Waals surface area contributed by atoms with Gasteiger partial charge in [0.2, 0.25) is 0 Å². The number of nitrogens with zero attached hydrogens (tertiary/aromatic N) is 1. The predicted octanol–water partition coefficient (Wildman–Crippen LogP) is 0.601. The van der Waals surface area contributed by atoms with Crippen LogP contribution in [0.4, 0.5) is 4.79 Å². The molecule has 1 saturated heterocycles. The second-order valence-corrected chi connectivity index (χ2v) is 4.86. The maximum Gasteiger partial charge on any atom is 0.471 e. The minimum Gasteiger partial charge on any atom is -0.465 e. The van der Waals surface area contributed by atoms with Gasteiger partial charge >= 0.3 is 13.9 Å². The molecule has 9 heteroatoms. The monoisotopic (exact) mass is 269 g/mol. The Labute approximate surface area is 98.4 Å². The quantitative estimate of drug-likeness (QED) is 0.494. The summed E-state index contributed by atoms with van der Waals surface area (Å²) in [5, 5.41) is 9.07. The van der Waals surface area contributed by atoms with Crippen LogP contribution in [0.1, 0.15) is 19.8 Å². The number of phosphoric ester groups is 1. The zero-order valence-electron chi connectivity index (χ0n) is 9.35. The third-order valence-corrected chi connectivity index (χ3v) is 2.96. The Kier molecular flexibility index (Phi) is 4.91. The predicted molar refractivity (Wildman–Crippen MR) is 56.3 cm³/mol. The first-order chi connectivity index (χ1) is 7.85. The van der Waals surface area contributed by atoms with Crippen LogP contribution in [-0.4, -0.2) is 51.4 Å². The molecular weight excluding hydrogens is 253 g/mol. The van der Waals surface area contributed by atoms with Crippen LogP contribution >= 0.6 is 7.82 Å². The number of ether oxygens (including phenoxy) is 1. The third-order valence-electron chi connectivity index (χ3n) is 2.44. The molecule has 1 fully saturated rings. The molecular formula is C8H16NO7P. The van der Waals surface area contributed by atoms with Gasteiger partial charge in [0.15, 0.2) is 0 Å². The van der Waals surface area contributed by atoms with Gasteiger partial charge < -0.3 is 19.6 Å². The van der Waals surface area contributed by atoms with E-state index < -0.39 is 26.2 Å². The summed E-state index contributed by atoms with van der Waals surface area (Å²) in [4.78, 5) is 29.5. The van der Waals surface area contributed by atoms with Crippen molar-refractivity contribution in [2.45, 2.75) is 32.0 Å². The molecule has 1 rings (SSSR count). The molecule has 100 valence electrons. The van der Waals surface area contributed by atoms with Gasteiger partial charge in [-0.3, -0.25) is 9.42 Å². The minimum absolute atomic E-state index is 0.147. The summed E-state index contributed by atoms with van der Waals surface area (Å²) in [6, 6.07) is -0.427. The molecule has 0 spiro atoms. The van der Waals surface area contributed by atoms with Crippen molar-refractivity contribution >= 4 is 13.9 Å². The van der Waals surface area contributed by atoms with Crippen molar-refractivity contribution in [3.8, 4) is 0 Å². The van der Waals surface area contributed by atoms with E-state index in [1.54, 1.807) is 6.92 Å². The fraction of sp³-hybridized carbons (Fsp3) is 0.875. The Balaban J connectivity index is 2.79. The molecule has 3 N–H and O–H groups in total. The lowest BCUT2D eigenvalue weighted by molar-refractivity contribution is -0.0148. The van der Waals surface area contributed by atoms with E-state index in [4.69, 9.17) is 19.6 Å². The van der Waals surface area contributed by atoms with E-state index in [2.05, 4.69) is 4.52 Å². The fourth-order valence-corrected chi connectivity index (χ4v) is 2.30. The zero-order chi connectivity index (χ0) is 13.1. The zero-order valence-corrected chi connectivity index (χ0v) is 10.2. The van der Waals surface area contributed by atoms with E-state index in [-0.39, 0.29) is 13.0 Å². The van der Waals surface area contributed by atoms with Gasteiger partial charge in [-0.15, -0.1) is 0 Å². The van der Waals surface area contributed by atoms with E-state index in [1.165, 1.54) is 0 Å². The van der Waals surface area contributed by atoms with Gasteiger partial charge in [-0.2, -0.15) is 0 Å². The number of phosphoric acid groups is 1. The maximum absolute atomic E-state index is 11.1. The van der Waals surface area contributed by atoms with Crippen LogP contribution in [0.3, 0.4) is 0 Å². The lowest BCUT2D eigenvalue weighted by Crippen LogP contribution is -2.47. The van der Waals surface area contributed by atoms with E-state index in [9.17, 15) is 9.36 Å². The van der Waals surface area contributed by atoms with E-state index >= 15 is 0 Å². The molecule has 17 heavy (non-hydrogen) atoms. The molecule has 0 aromatic carbocycles. The molecule has 0 aliphatic carbocycles. The van der Waals surface area contributed by atoms with Gasteiger partial charge in [0, 0.05) is 6.61 Å². The molecule has 1 heterocycles. The first kappa shape index (κ1) is 14.4. The highest BCUT2D eigenvalue weighted by Crippen LogP contribution is 2.39. The summed E-state index contributed by atoms with van der Waals surface area (Å²) in [6.07, 6.45) is -1.80. The van der Waals surface area contributed by atoms with Crippen LogP contribution < -0.4 is 0 Å². The molecule has 8 nitrogen and oxygen atoms in total. The van der Waals surface area contributed by atoms with Gasteiger partial charge in [-0.05, 0) is 12.8 Å². The number of hydrogen-bond donors (Lipinski definition) is 3. The molecule has 1 aliphatic rings. The first-order valence-electron chi connectivity index (χ1n) is 5.18. The Morgan fingerprint density at radius 1 is 1.65 bits per heavy atom. The molecule has 0 bridgehead atoms. The highest BCUT2D eigenvalue weighted by atomic mass is 31.2. The second kappa shape index (κ2) is 5.79. The Morgan fingerprint density at radius 2 is 2.29 bits per heavy atom. The Hall–Kier alpha value is -0.660. The SMILES string of the molecule is CCC(OP(=O)(O)O)N(C(=O)O)C1CCOC1. The highest BCUT2D eigenvalue weighted by Gasteiger charge is 2.36. The number of amides is 1. The largest absolute Gasteiger partial charge is 0.471 e. The van der Waals surface area contributed by atoms with E-state index in [0.29, 0.717) is 13.0 Å². The summed E-state index contributed by atoms with van der Waals surface area (Å²) in [6.45, 7) is 2.24. The average Bonchev–Trinajstić information content (AvgIpc) is 2.67. The fourth-order valence-electron chi connectivity index (χ4n) is 1.74. The minimum atomic E-state index is -4.72. The smallest absolute Gasteiger partial charge is 0.465 e. The average molecular weight is 269 g/mol. The number of hydrogen-bond acceptors (Lipinski definition) is 4. The van der Waals surface area contributed by atoms with Crippen molar-refractivity contribution < 1.29 is 33.5 Å². The molecule has 0 aromatic rings. The number of carbonyl (C=O) groups is 1. The topological polar surface area (TPSA) is 117 Å². The number of carboxylic acid groups (broad SMARTS) is 1. The van der Waals surface area contributed by atoms with Crippen LogP contribution in [0.5, 0.6) is 0 Å². The van der Waals surface area contributed by atoms with Gasteiger partial charge in [-0.1, -0.05) is 6.92 Å². The Bertz CT molecular complexity index is 311. The third kappa shape index (κ3) is 4.25. The van der Waals surface area contributed by atoms with E-state index in [0.717, 1.165) is 4.90 Å². The molecule has 2 unspecified atom stereocenters. The highest BCUT2D eigenvalue weighted by molar-refractivity contribution is 7.46. The van der Waals surface area contributed by atoms with Crippen molar-refractivity contribution in [1.29, 1.82) is 0 Å². The van der Waals surface area contributed by atoms with Crippen molar-refractivity contribution in [3.63, 3.8) is 0 Å². The standard InChI is InChI=1S/C8H16NO7P/c1-2-7(16-17(12,13)14)9(8(10)11)6-3-4-15-5-6/h6-7H,2-5H2,1H3,(H,10,11)(H2,12,13,14). The van der Waals surface area contributed by atoms with E-state index in [1.807, 2.05) is 0 Å². The van der Waals surface area contributed by atoms with Gasteiger partial charge in [0.25, 0.3) is 0 Å². The van der Waals surface area contributed by atoms with Gasteiger partial charge in [0.05, 0.1) is 12.6 Å². The summed E-state index contributed by atoms with van der Waals surface area (Å²) in [5.74, 6) is 0. The summed E-state index contributed by atoms with van der Waals surface area (Å²) in [5.41, 5.74) is 0. The first-order valence-corrected chi connectivity index (χ1v) is 6.71. The van der Waals surface area contributed by atoms with Crippen molar-refractivity contribution in [1.82, 2.24) is 4.90 Å². The molecule has 0 saturated carbocycles. The second-order valence-electron chi connectivity index (χ2n) is 3.67. The summed E-state index contributed by atoms with van der Waals surface area (Å²) >= 11 is 0. The summed E-state index contributed by atoms with van der Waals surface area (Å²) in [7, 11) is -4.72. The molecule has 0 aromatic heterocycles. The van der Waals surface area contributed by atoms with Crippen molar-refractivity contribution in [3.05, 3.63) is 0 Å². The molecule has 1 amide bonds. The lowest BCUT2D eigenvalue weighted by Gasteiger charge is -2.32. The maximum atomic E-state index is 11.1. The molecule has 2 atom stereocenters. The molecule has 1 aliphatic heterocycles. The number of rotatable bonds is 5. The van der Waals surface area contributed by atoms with Gasteiger partial charge in [-0.25, -0.2) is 9.36 Å². The van der Waals surface area contributed by atoms with Crippen LogP contribution in [-0.2, 0) is 13.8 Å². The van der Waals surface area contributed by atoms with Crippen molar-refractivity contribution in [2.24, 2.45) is 0 Å². The van der Waals surface area contributed by atoms with Crippen LogP contribution in [0, 0.1) is 0 Å². The van der Waals surface area contributed by atoms with Crippen LogP contribution in [0.2, 0.25) is 0 Å². The van der Waals surface area contributed by atoms with Crippen molar-refractivity contribution in [2.75, 3.05) is 13.2 Å². The van der Waals surface area contributed by atoms with Crippen LogP contribution in [0.15, 0.2) is 0 Å². The lowest BCUT2D eigenvalue weighted by atomic mass is 10.2. The Morgan fingerprint density at radius 3 is 2.65 bits per heavy atom.